The maximum atomic E-state index is 5.98. The summed E-state index contributed by atoms with van der Waals surface area (Å²) in [6.45, 7) is 7.50. The molecule has 0 amide bonds. The Bertz CT molecular complexity index is 1100. The SMILES string of the molecule is C=Nc1cc(Nc2ccc3c4c(n(C)c3n2)CCCC4)ccc1OCN1CCOCC1. The first-order chi connectivity index (χ1) is 15.2. The van der Waals surface area contributed by atoms with E-state index in [1.165, 1.54) is 29.5 Å². The lowest BCUT2D eigenvalue weighted by atomic mass is 9.96. The molecule has 3 heterocycles. The second kappa shape index (κ2) is 8.69. The fraction of sp³-hybridized carbons (Fsp3) is 0.417. The molecule has 162 valence electrons. The second-order valence-corrected chi connectivity index (χ2v) is 8.23. The monoisotopic (exact) mass is 419 g/mol. The van der Waals surface area contributed by atoms with Gasteiger partial charge < -0.3 is 19.4 Å². The standard InChI is InChI=1S/C24H29N5O2/c1-25-20-15-17(7-9-22(20)31-16-29-11-13-30-14-12-29)26-23-10-8-19-18-5-3-4-6-21(18)28(2)24(19)27-23/h7-10,15H,1,3-6,11-14,16H2,2H3,(H,26,27). The van der Waals surface area contributed by atoms with Crippen LogP contribution in [0, 0.1) is 0 Å². The van der Waals surface area contributed by atoms with Crippen molar-refractivity contribution in [1.29, 1.82) is 0 Å². The average molecular weight is 420 g/mol. The molecule has 0 radical (unpaired) electrons. The van der Waals surface area contributed by atoms with Gasteiger partial charge in [-0.25, -0.2) is 4.98 Å². The van der Waals surface area contributed by atoms with Gasteiger partial charge >= 0.3 is 0 Å². The number of aliphatic imine (C=N–C) groups is 1. The van der Waals surface area contributed by atoms with Crippen LogP contribution in [0.5, 0.6) is 5.75 Å². The van der Waals surface area contributed by atoms with Crippen LogP contribution in [0.4, 0.5) is 17.2 Å². The molecule has 31 heavy (non-hydrogen) atoms. The number of hydrogen-bond acceptors (Lipinski definition) is 6. The molecule has 7 nitrogen and oxygen atoms in total. The number of hydrogen-bond donors (Lipinski definition) is 1. The highest BCUT2D eigenvalue weighted by Crippen LogP contribution is 2.34. The number of fused-ring (bicyclic) bond motifs is 3. The molecular weight excluding hydrogens is 390 g/mol. The maximum Gasteiger partial charge on any atom is 0.147 e. The van der Waals surface area contributed by atoms with Crippen LogP contribution >= 0.6 is 0 Å². The minimum absolute atomic E-state index is 0.523. The fourth-order valence-electron chi connectivity index (χ4n) is 4.57. The molecule has 5 rings (SSSR count). The first-order valence-corrected chi connectivity index (χ1v) is 11.0. The molecule has 1 aromatic carbocycles. The number of benzene rings is 1. The van der Waals surface area contributed by atoms with Gasteiger partial charge in [0.2, 0.25) is 0 Å². The Kier molecular flexibility index (Phi) is 5.61. The highest BCUT2D eigenvalue weighted by atomic mass is 16.5. The van der Waals surface area contributed by atoms with Crippen LogP contribution in [-0.4, -0.2) is 54.2 Å². The van der Waals surface area contributed by atoms with E-state index in [9.17, 15) is 0 Å². The number of pyridine rings is 1. The molecular formula is C24H29N5O2. The summed E-state index contributed by atoms with van der Waals surface area (Å²) in [7, 11) is 2.13. The summed E-state index contributed by atoms with van der Waals surface area (Å²) in [5, 5.41) is 4.70. The average Bonchev–Trinajstić information content (AvgIpc) is 3.10. The van der Waals surface area contributed by atoms with E-state index < -0.39 is 0 Å². The maximum absolute atomic E-state index is 5.98. The van der Waals surface area contributed by atoms with Gasteiger partial charge in [0.05, 0.1) is 13.2 Å². The lowest BCUT2D eigenvalue weighted by Gasteiger charge is -2.26. The molecule has 1 aliphatic carbocycles. The third kappa shape index (κ3) is 4.03. The summed E-state index contributed by atoms with van der Waals surface area (Å²) in [5.74, 6) is 1.55. The highest BCUT2D eigenvalue weighted by Gasteiger charge is 2.19. The molecule has 0 saturated carbocycles. The minimum Gasteiger partial charge on any atom is -0.476 e. The molecule has 0 atom stereocenters. The smallest absolute Gasteiger partial charge is 0.147 e. The number of morpholine rings is 1. The molecule has 1 aliphatic heterocycles. The largest absolute Gasteiger partial charge is 0.476 e. The molecule has 3 aromatic rings. The van der Waals surface area contributed by atoms with Crippen LogP contribution < -0.4 is 10.1 Å². The number of ether oxygens (including phenoxy) is 2. The summed E-state index contributed by atoms with van der Waals surface area (Å²) < 4.78 is 13.6. The van der Waals surface area contributed by atoms with E-state index in [0.717, 1.165) is 62.0 Å². The summed E-state index contributed by atoms with van der Waals surface area (Å²) in [4.78, 5) is 11.3. The topological polar surface area (TPSA) is 63.9 Å². The Hall–Kier alpha value is -2.90. The zero-order valence-corrected chi connectivity index (χ0v) is 18.1. The minimum atomic E-state index is 0.523. The van der Waals surface area contributed by atoms with Gasteiger partial charge in [0.15, 0.2) is 0 Å². The van der Waals surface area contributed by atoms with E-state index in [4.69, 9.17) is 14.5 Å². The van der Waals surface area contributed by atoms with E-state index in [1.807, 2.05) is 18.2 Å². The summed E-state index contributed by atoms with van der Waals surface area (Å²) in [5.41, 5.74) is 5.58. The summed E-state index contributed by atoms with van der Waals surface area (Å²) in [6.07, 6.45) is 4.83. The number of aromatic nitrogens is 2. The normalized spacial score (nSPS) is 16.8. The Labute approximate surface area is 182 Å². The molecule has 0 spiro atoms. The fourth-order valence-corrected chi connectivity index (χ4v) is 4.57. The van der Waals surface area contributed by atoms with Gasteiger partial charge in [-0.3, -0.25) is 9.89 Å². The molecule has 1 saturated heterocycles. The van der Waals surface area contributed by atoms with Crippen LogP contribution in [0.2, 0.25) is 0 Å². The van der Waals surface area contributed by atoms with Crippen LogP contribution in [0.25, 0.3) is 11.0 Å². The molecule has 2 aliphatic rings. The molecule has 7 heteroatoms. The summed E-state index contributed by atoms with van der Waals surface area (Å²) in [6, 6.07) is 10.1. The zero-order valence-electron chi connectivity index (χ0n) is 18.1. The number of rotatable bonds is 6. The highest BCUT2D eigenvalue weighted by molar-refractivity contribution is 5.84. The molecule has 0 unspecified atom stereocenters. The van der Waals surface area contributed by atoms with Gasteiger partial charge in [-0.2, -0.15) is 0 Å². The van der Waals surface area contributed by atoms with Crippen molar-refractivity contribution in [2.45, 2.75) is 25.7 Å². The first-order valence-electron chi connectivity index (χ1n) is 11.0. The van der Waals surface area contributed by atoms with Gasteiger partial charge in [-0.15, -0.1) is 0 Å². The van der Waals surface area contributed by atoms with Gasteiger partial charge in [-0.1, -0.05) is 0 Å². The van der Waals surface area contributed by atoms with Gasteiger partial charge in [0, 0.05) is 36.9 Å². The van der Waals surface area contributed by atoms with E-state index in [0.29, 0.717) is 12.4 Å². The van der Waals surface area contributed by atoms with Crippen molar-refractivity contribution < 1.29 is 9.47 Å². The lowest BCUT2D eigenvalue weighted by molar-refractivity contribution is 0.00422. The van der Waals surface area contributed by atoms with Gasteiger partial charge in [0.25, 0.3) is 0 Å². The summed E-state index contributed by atoms with van der Waals surface area (Å²) >= 11 is 0. The van der Waals surface area contributed by atoms with Crippen LogP contribution in [-0.2, 0) is 24.6 Å². The number of nitrogens with one attached hydrogen (secondary N) is 1. The van der Waals surface area contributed by atoms with Crippen molar-refractivity contribution in [3.8, 4) is 5.75 Å². The molecule has 1 fully saturated rings. The Morgan fingerprint density at radius 2 is 2.00 bits per heavy atom. The second-order valence-electron chi connectivity index (χ2n) is 8.23. The molecule has 1 N–H and O–H groups in total. The number of nitrogens with zero attached hydrogens (tertiary/aromatic N) is 4. The van der Waals surface area contributed by atoms with Crippen molar-refractivity contribution in [3.05, 3.63) is 41.6 Å². The number of anilines is 2. The van der Waals surface area contributed by atoms with Crippen LogP contribution in [0.15, 0.2) is 35.3 Å². The van der Waals surface area contributed by atoms with Crippen LogP contribution in [0.1, 0.15) is 24.1 Å². The number of aryl methyl sites for hydroxylation is 2. The Morgan fingerprint density at radius 3 is 2.84 bits per heavy atom. The van der Waals surface area contributed by atoms with Crippen molar-refractivity contribution >= 4 is 34.9 Å². The molecule has 0 bridgehead atoms. The van der Waals surface area contributed by atoms with Crippen molar-refractivity contribution in [3.63, 3.8) is 0 Å². The first kappa shape index (κ1) is 20.0. The zero-order chi connectivity index (χ0) is 21.2. The molecule has 2 aromatic heterocycles. The Balaban J connectivity index is 1.34. The van der Waals surface area contributed by atoms with Gasteiger partial charge in [0.1, 0.15) is 29.6 Å². The van der Waals surface area contributed by atoms with Crippen molar-refractivity contribution in [2.24, 2.45) is 12.0 Å². The Morgan fingerprint density at radius 1 is 1.16 bits per heavy atom. The van der Waals surface area contributed by atoms with E-state index >= 15 is 0 Å². The lowest BCUT2D eigenvalue weighted by Crippen LogP contribution is -2.38. The third-order valence-corrected chi connectivity index (χ3v) is 6.27. The van der Waals surface area contributed by atoms with Crippen LogP contribution in [0.3, 0.4) is 0 Å². The predicted molar refractivity (Wildman–Crippen MR) is 124 cm³/mol. The van der Waals surface area contributed by atoms with E-state index in [-0.39, 0.29) is 0 Å². The van der Waals surface area contributed by atoms with Gasteiger partial charge in [-0.05, 0) is 68.3 Å². The van der Waals surface area contributed by atoms with Crippen molar-refractivity contribution in [1.82, 2.24) is 14.5 Å². The predicted octanol–water partition coefficient (Wildman–Crippen LogP) is 4.20. The van der Waals surface area contributed by atoms with Crippen molar-refractivity contribution in [2.75, 3.05) is 38.4 Å². The quantitative estimate of drug-likeness (QED) is 0.607. The van der Waals surface area contributed by atoms with E-state index in [1.54, 1.807) is 0 Å². The van der Waals surface area contributed by atoms with E-state index in [2.05, 4.69) is 45.7 Å². The third-order valence-electron chi connectivity index (χ3n) is 6.27.